The highest BCUT2D eigenvalue weighted by molar-refractivity contribution is 5.94. The first-order valence-electron chi connectivity index (χ1n) is 7.13. The van der Waals surface area contributed by atoms with E-state index in [1.165, 1.54) is 12.8 Å². The SMILES string of the molecule is CCC(CC)CNc1cccc(N2CCNC2=O)c1. The summed E-state index contributed by atoms with van der Waals surface area (Å²) in [5, 5.41) is 6.29. The minimum atomic E-state index is -0.00265. The first-order chi connectivity index (χ1) is 9.24. The molecule has 1 aromatic carbocycles. The molecule has 2 amide bonds. The molecule has 0 atom stereocenters. The standard InChI is InChI=1S/C15H23N3O/c1-3-12(4-2)11-17-13-6-5-7-14(10-13)18-9-8-16-15(18)19/h5-7,10,12,17H,3-4,8-9,11H2,1-2H3,(H,16,19). The van der Waals surface area contributed by atoms with Crippen molar-refractivity contribution in [3.63, 3.8) is 0 Å². The fourth-order valence-corrected chi connectivity index (χ4v) is 2.34. The third-order valence-electron chi connectivity index (χ3n) is 3.76. The Morgan fingerprint density at radius 2 is 2.16 bits per heavy atom. The molecule has 0 aromatic heterocycles. The Kier molecular flexibility index (Phi) is 4.66. The zero-order valence-corrected chi connectivity index (χ0v) is 11.8. The van der Waals surface area contributed by atoms with Crippen LogP contribution in [-0.4, -0.2) is 25.7 Å². The van der Waals surface area contributed by atoms with Crippen molar-refractivity contribution in [3.8, 4) is 0 Å². The maximum atomic E-state index is 11.6. The number of nitrogens with zero attached hydrogens (tertiary/aromatic N) is 1. The van der Waals surface area contributed by atoms with E-state index < -0.39 is 0 Å². The topological polar surface area (TPSA) is 44.4 Å². The van der Waals surface area contributed by atoms with Gasteiger partial charge in [0.2, 0.25) is 0 Å². The second-order valence-corrected chi connectivity index (χ2v) is 5.00. The summed E-state index contributed by atoms with van der Waals surface area (Å²) in [6.07, 6.45) is 2.38. The number of urea groups is 1. The monoisotopic (exact) mass is 261 g/mol. The third-order valence-corrected chi connectivity index (χ3v) is 3.76. The number of hydrogen-bond donors (Lipinski definition) is 2. The van der Waals surface area contributed by atoms with E-state index in [1.807, 2.05) is 18.2 Å². The maximum Gasteiger partial charge on any atom is 0.321 e. The van der Waals surface area contributed by atoms with Crippen LogP contribution in [0.25, 0.3) is 0 Å². The van der Waals surface area contributed by atoms with Gasteiger partial charge in [0.25, 0.3) is 0 Å². The van der Waals surface area contributed by atoms with E-state index in [-0.39, 0.29) is 6.03 Å². The average Bonchev–Trinajstić information content (AvgIpc) is 2.86. The lowest BCUT2D eigenvalue weighted by atomic mass is 10.0. The molecular weight excluding hydrogens is 238 g/mol. The van der Waals surface area contributed by atoms with Gasteiger partial charge in [0.05, 0.1) is 0 Å². The van der Waals surface area contributed by atoms with Gasteiger partial charge in [-0.15, -0.1) is 0 Å². The van der Waals surface area contributed by atoms with Crippen LogP contribution in [0, 0.1) is 5.92 Å². The summed E-state index contributed by atoms with van der Waals surface area (Å²) in [6.45, 7) is 6.91. The molecule has 1 saturated heterocycles. The van der Waals surface area contributed by atoms with Crippen molar-refractivity contribution in [2.24, 2.45) is 5.92 Å². The Balaban J connectivity index is 2.01. The summed E-state index contributed by atoms with van der Waals surface area (Å²) in [7, 11) is 0. The van der Waals surface area contributed by atoms with Gasteiger partial charge in [-0.1, -0.05) is 32.8 Å². The number of carbonyl (C=O) groups is 1. The Morgan fingerprint density at radius 3 is 2.79 bits per heavy atom. The molecule has 0 spiro atoms. The lowest BCUT2D eigenvalue weighted by Crippen LogP contribution is -2.27. The van der Waals surface area contributed by atoms with Crippen LogP contribution in [0.4, 0.5) is 16.2 Å². The quantitative estimate of drug-likeness (QED) is 0.826. The molecule has 1 aromatic rings. The van der Waals surface area contributed by atoms with E-state index in [2.05, 4.69) is 30.5 Å². The number of anilines is 2. The molecule has 2 N–H and O–H groups in total. The second-order valence-electron chi connectivity index (χ2n) is 5.00. The van der Waals surface area contributed by atoms with E-state index >= 15 is 0 Å². The van der Waals surface area contributed by atoms with Crippen LogP contribution in [0.5, 0.6) is 0 Å². The molecule has 104 valence electrons. The molecule has 2 rings (SSSR count). The highest BCUT2D eigenvalue weighted by Crippen LogP contribution is 2.21. The number of carbonyl (C=O) groups excluding carboxylic acids is 1. The van der Waals surface area contributed by atoms with Gasteiger partial charge < -0.3 is 10.6 Å². The van der Waals surface area contributed by atoms with Gasteiger partial charge in [0, 0.05) is 31.0 Å². The lowest BCUT2D eigenvalue weighted by Gasteiger charge is -2.17. The van der Waals surface area contributed by atoms with Crippen LogP contribution >= 0.6 is 0 Å². The summed E-state index contributed by atoms with van der Waals surface area (Å²) in [5.74, 6) is 0.707. The van der Waals surface area contributed by atoms with Gasteiger partial charge in [-0.2, -0.15) is 0 Å². The van der Waals surface area contributed by atoms with E-state index in [4.69, 9.17) is 0 Å². The van der Waals surface area contributed by atoms with Crippen molar-refractivity contribution >= 4 is 17.4 Å². The van der Waals surface area contributed by atoms with Gasteiger partial charge >= 0.3 is 6.03 Å². The predicted molar refractivity (Wildman–Crippen MR) is 79.7 cm³/mol. The summed E-state index contributed by atoms with van der Waals surface area (Å²) in [4.78, 5) is 13.4. The first kappa shape index (κ1) is 13.7. The number of amides is 2. The summed E-state index contributed by atoms with van der Waals surface area (Å²) < 4.78 is 0. The molecule has 1 fully saturated rings. The highest BCUT2D eigenvalue weighted by atomic mass is 16.2. The zero-order valence-electron chi connectivity index (χ0n) is 11.8. The van der Waals surface area contributed by atoms with Crippen LogP contribution in [0.3, 0.4) is 0 Å². The van der Waals surface area contributed by atoms with E-state index in [1.54, 1.807) is 4.90 Å². The Bertz CT molecular complexity index is 429. The fraction of sp³-hybridized carbons (Fsp3) is 0.533. The molecule has 1 heterocycles. The molecule has 0 saturated carbocycles. The highest BCUT2D eigenvalue weighted by Gasteiger charge is 2.20. The van der Waals surface area contributed by atoms with Crippen molar-refractivity contribution < 1.29 is 4.79 Å². The molecule has 0 radical (unpaired) electrons. The molecule has 19 heavy (non-hydrogen) atoms. The van der Waals surface area contributed by atoms with Crippen molar-refractivity contribution in [2.45, 2.75) is 26.7 Å². The normalized spacial score (nSPS) is 14.9. The Labute approximate surface area is 115 Å². The molecule has 4 nitrogen and oxygen atoms in total. The van der Waals surface area contributed by atoms with Crippen LogP contribution in [0.1, 0.15) is 26.7 Å². The zero-order chi connectivity index (χ0) is 13.7. The number of nitrogens with one attached hydrogen (secondary N) is 2. The van der Waals surface area contributed by atoms with Crippen molar-refractivity contribution in [1.29, 1.82) is 0 Å². The minimum absolute atomic E-state index is 0.00265. The third kappa shape index (κ3) is 3.40. The molecule has 0 aliphatic carbocycles. The number of hydrogen-bond acceptors (Lipinski definition) is 2. The van der Waals surface area contributed by atoms with Gasteiger partial charge in [-0.05, 0) is 24.1 Å². The predicted octanol–water partition coefficient (Wildman–Crippen LogP) is 3.06. The molecule has 0 bridgehead atoms. The van der Waals surface area contributed by atoms with Crippen LogP contribution in [0.2, 0.25) is 0 Å². The van der Waals surface area contributed by atoms with Gasteiger partial charge in [-0.3, -0.25) is 4.90 Å². The molecular formula is C15H23N3O. The first-order valence-corrected chi connectivity index (χ1v) is 7.13. The smallest absolute Gasteiger partial charge is 0.321 e. The molecule has 0 unspecified atom stereocenters. The van der Waals surface area contributed by atoms with Crippen LogP contribution in [-0.2, 0) is 0 Å². The average molecular weight is 261 g/mol. The lowest BCUT2D eigenvalue weighted by molar-refractivity contribution is 0.252. The van der Waals surface area contributed by atoms with Crippen molar-refractivity contribution in [2.75, 3.05) is 29.9 Å². The summed E-state index contributed by atoms with van der Waals surface area (Å²) >= 11 is 0. The van der Waals surface area contributed by atoms with E-state index in [0.29, 0.717) is 5.92 Å². The minimum Gasteiger partial charge on any atom is -0.385 e. The van der Waals surface area contributed by atoms with E-state index in [9.17, 15) is 4.79 Å². The fourth-order valence-electron chi connectivity index (χ4n) is 2.34. The van der Waals surface area contributed by atoms with Gasteiger partial charge in [0.1, 0.15) is 0 Å². The van der Waals surface area contributed by atoms with E-state index in [0.717, 1.165) is 31.0 Å². The number of benzene rings is 1. The second kappa shape index (κ2) is 6.45. The molecule has 4 heteroatoms. The Hall–Kier alpha value is -1.71. The van der Waals surface area contributed by atoms with Crippen LogP contribution < -0.4 is 15.5 Å². The summed E-state index contributed by atoms with van der Waals surface area (Å²) in [5.41, 5.74) is 2.05. The molecule has 1 aliphatic rings. The van der Waals surface area contributed by atoms with Gasteiger partial charge in [0.15, 0.2) is 0 Å². The number of rotatable bonds is 6. The van der Waals surface area contributed by atoms with Crippen molar-refractivity contribution in [3.05, 3.63) is 24.3 Å². The summed E-state index contributed by atoms with van der Waals surface area (Å²) in [6, 6.07) is 8.08. The molecule has 1 aliphatic heterocycles. The maximum absolute atomic E-state index is 11.6. The Morgan fingerprint density at radius 1 is 1.37 bits per heavy atom. The van der Waals surface area contributed by atoms with Crippen molar-refractivity contribution in [1.82, 2.24) is 5.32 Å². The van der Waals surface area contributed by atoms with Crippen LogP contribution in [0.15, 0.2) is 24.3 Å². The van der Waals surface area contributed by atoms with Gasteiger partial charge in [-0.25, -0.2) is 4.79 Å². The largest absolute Gasteiger partial charge is 0.385 e.